The normalized spacial score (nSPS) is 13.3. The van der Waals surface area contributed by atoms with Crippen molar-refractivity contribution in [1.29, 1.82) is 0 Å². The van der Waals surface area contributed by atoms with E-state index in [0.29, 0.717) is 17.0 Å². The van der Waals surface area contributed by atoms with Crippen molar-refractivity contribution in [2.45, 2.75) is 65.8 Å². The van der Waals surface area contributed by atoms with E-state index in [1.54, 1.807) is 4.80 Å². The van der Waals surface area contributed by atoms with Gasteiger partial charge in [-0.25, -0.2) is 0 Å². The first-order valence-electron chi connectivity index (χ1n) is 10.2. The molecule has 0 aliphatic rings. The molecule has 4 nitrogen and oxygen atoms in total. The van der Waals surface area contributed by atoms with Gasteiger partial charge >= 0.3 is 0 Å². The van der Waals surface area contributed by atoms with Crippen LogP contribution in [-0.4, -0.2) is 29.6 Å². The minimum Gasteiger partial charge on any atom is -0.506 e. The van der Waals surface area contributed by atoms with Crippen molar-refractivity contribution in [3.63, 3.8) is 0 Å². The fourth-order valence-corrected chi connectivity index (χ4v) is 5.80. The minimum atomic E-state index is -0.601. The molecule has 0 aliphatic carbocycles. The summed E-state index contributed by atoms with van der Waals surface area (Å²) in [4.78, 5) is 1.61. The summed E-state index contributed by atoms with van der Waals surface area (Å²) in [6.45, 7) is 15.9. The van der Waals surface area contributed by atoms with E-state index >= 15 is 0 Å². The van der Waals surface area contributed by atoms with Crippen molar-refractivity contribution in [2.75, 3.05) is 0 Å². The monoisotopic (exact) mass is 395 g/mol. The summed E-state index contributed by atoms with van der Waals surface area (Å²) >= 11 is 0. The molecule has 2 aromatic carbocycles. The summed E-state index contributed by atoms with van der Waals surface area (Å²) in [6, 6.07) is 12.1. The zero-order valence-electron chi connectivity index (χ0n) is 18.2. The first-order chi connectivity index (χ1) is 13.0. The number of phenols is 1. The van der Waals surface area contributed by atoms with Crippen LogP contribution in [0.2, 0.25) is 5.54 Å². The predicted molar refractivity (Wildman–Crippen MR) is 121 cm³/mol. The number of fused-ring (bicyclic) bond motifs is 1. The van der Waals surface area contributed by atoms with Crippen molar-refractivity contribution in [1.82, 2.24) is 15.0 Å². The van der Waals surface area contributed by atoms with Crippen LogP contribution in [0.1, 0.15) is 60.5 Å². The van der Waals surface area contributed by atoms with Gasteiger partial charge in [-0.05, 0) is 46.2 Å². The van der Waals surface area contributed by atoms with Crippen LogP contribution < -0.4 is 5.19 Å². The van der Waals surface area contributed by atoms with Crippen LogP contribution in [0, 0.1) is 5.41 Å². The van der Waals surface area contributed by atoms with E-state index in [0.717, 1.165) is 22.6 Å². The topological polar surface area (TPSA) is 50.9 Å². The molecule has 5 heteroatoms. The second-order valence-electron chi connectivity index (χ2n) is 10.2. The highest BCUT2D eigenvalue weighted by Crippen LogP contribution is 2.37. The number of aromatic hydroxyl groups is 1. The Kier molecular flexibility index (Phi) is 5.41. The van der Waals surface area contributed by atoms with Gasteiger partial charge in [0.15, 0.2) is 0 Å². The molecule has 3 rings (SSSR count). The lowest BCUT2D eigenvalue weighted by Gasteiger charge is -2.33. The number of hydrogen-bond acceptors (Lipinski definition) is 3. The SMILES string of the molecule is CC(C)[SiH2]c1cc(C(C)(C)CC(C)(C)C)cc(-n2nc3ccccc3n2)c1O. The van der Waals surface area contributed by atoms with Gasteiger partial charge in [0.1, 0.15) is 22.5 Å². The average molecular weight is 396 g/mol. The molecule has 0 spiro atoms. The fourth-order valence-electron chi connectivity index (χ4n) is 4.21. The van der Waals surface area contributed by atoms with E-state index in [1.807, 2.05) is 24.3 Å². The van der Waals surface area contributed by atoms with Crippen molar-refractivity contribution in [3.05, 3.63) is 42.0 Å². The molecule has 0 bridgehead atoms. The molecule has 1 N–H and O–H groups in total. The second-order valence-corrected chi connectivity index (χ2v) is 13.0. The Morgan fingerprint density at radius 3 is 2.07 bits per heavy atom. The molecule has 0 atom stereocenters. The number of benzene rings is 2. The molecule has 28 heavy (non-hydrogen) atoms. The largest absolute Gasteiger partial charge is 0.506 e. The van der Waals surface area contributed by atoms with Gasteiger partial charge in [-0.1, -0.05) is 72.2 Å². The van der Waals surface area contributed by atoms with E-state index in [9.17, 15) is 5.11 Å². The summed E-state index contributed by atoms with van der Waals surface area (Å²) < 4.78 is 0. The summed E-state index contributed by atoms with van der Waals surface area (Å²) in [5.74, 6) is 0.344. The summed E-state index contributed by atoms with van der Waals surface area (Å²) in [7, 11) is -0.601. The Balaban J connectivity index is 2.18. The lowest BCUT2D eigenvalue weighted by Crippen LogP contribution is -2.28. The standard InChI is InChI=1S/C23H33N3OSi/c1-15(2)28-20-13-16(23(6,7)14-22(3,4)5)12-19(21(20)27)26-24-17-10-8-9-11-18(17)25-26/h8-13,15,27H,14,28H2,1-7H3. The quantitative estimate of drug-likeness (QED) is 0.649. The van der Waals surface area contributed by atoms with Gasteiger partial charge in [0.25, 0.3) is 0 Å². The fraction of sp³-hybridized carbons (Fsp3) is 0.478. The highest BCUT2D eigenvalue weighted by Gasteiger charge is 2.29. The lowest BCUT2D eigenvalue weighted by atomic mass is 9.72. The maximum absolute atomic E-state index is 11.1. The molecular weight excluding hydrogens is 362 g/mol. The van der Waals surface area contributed by atoms with E-state index < -0.39 is 9.52 Å². The van der Waals surface area contributed by atoms with E-state index in [2.05, 4.69) is 70.8 Å². The van der Waals surface area contributed by atoms with Gasteiger partial charge < -0.3 is 5.11 Å². The summed E-state index contributed by atoms with van der Waals surface area (Å²) in [6.07, 6.45) is 1.06. The second kappa shape index (κ2) is 7.36. The molecule has 0 fully saturated rings. The van der Waals surface area contributed by atoms with Crippen molar-refractivity contribution in [3.8, 4) is 11.4 Å². The van der Waals surface area contributed by atoms with Crippen LogP contribution in [0.5, 0.6) is 5.75 Å². The molecule has 0 saturated carbocycles. The van der Waals surface area contributed by atoms with Crippen LogP contribution in [0.15, 0.2) is 36.4 Å². The van der Waals surface area contributed by atoms with Crippen LogP contribution in [0.25, 0.3) is 16.7 Å². The third-order valence-corrected chi connectivity index (χ3v) is 6.85. The Morgan fingerprint density at radius 2 is 1.57 bits per heavy atom. The van der Waals surface area contributed by atoms with Gasteiger partial charge in [-0.2, -0.15) is 0 Å². The number of nitrogens with zero attached hydrogens (tertiary/aromatic N) is 3. The first-order valence-corrected chi connectivity index (χ1v) is 11.7. The van der Waals surface area contributed by atoms with Gasteiger partial charge in [-0.15, -0.1) is 15.0 Å². The molecule has 0 amide bonds. The number of rotatable bonds is 5. The molecule has 1 aromatic heterocycles. The lowest BCUT2D eigenvalue weighted by molar-refractivity contribution is 0.284. The number of phenolic OH excluding ortho intramolecular Hbond substituents is 1. The minimum absolute atomic E-state index is 0.00654. The van der Waals surface area contributed by atoms with Crippen LogP contribution in [-0.2, 0) is 5.41 Å². The molecule has 1 heterocycles. The Labute approximate surface area is 170 Å². The molecular formula is C23H33N3OSi. The van der Waals surface area contributed by atoms with E-state index in [4.69, 9.17) is 0 Å². The Bertz CT molecular complexity index is 950. The highest BCUT2D eigenvalue weighted by molar-refractivity contribution is 6.56. The Hall–Kier alpha value is -2.14. The predicted octanol–water partition coefficient (Wildman–Crippen LogP) is 4.46. The van der Waals surface area contributed by atoms with E-state index in [-0.39, 0.29) is 10.8 Å². The molecule has 150 valence electrons. The number of aromatic nitrogens is 3. The van der Waals surface area contributed by atoms with Crippen LogP contribution >= 0.6 is 0 Å². The molecule has 0 aliphatic heterocycles. The van der Waals surface area contributed by atoms with Gasteiger partial charge in [0, 0.05) is 0 Å². The Morgan fingerprint density at radius 1 is 1.00 bits per heavy atom. The third kappa shape index (κ3) is 4.46. The molecule has 0 unspecified atom stereocenters. The number of hydrogen-bond donors (Lipinski definition) is 1. The average Bonchev–Trinajstić information content (AvgIpc) is 2.97. The van der Waals surface area contributed by atoms with Crippen LogP contribution in [0.3, 0.4) is 0 Å². The van der Waals surface area contributed by atoms with Crippen molar-refractivity contribution in [2.24, 2.45) is 5.41 Å². The highest BCUT2D eigenvalue weighted by atomic mass is 28.2. The van der Waals surface area contributed by atoms with E-state index in [1.165, 1.54) is 5.56 Å². The first kappa shape index (κ1) is 20.6. The van der Waals surface area contributed by atoms with Gasteiger partial charge in [0.05, 0.1) is 9.52 Å². The third-order valence-electron chi connectivity index (χ3n) is 5.05. The summed E-state index contributed by atoms with van der Waals surface area (Å²) in [5.41, 5.74) is 4.42. The van der Waals surface area contributed by atoms with Crippen molar-refractivity contribution < 1.29 is 5.11 Å². The van der Waals surface area contributed by atoms with Gasteiger partial charge in [-0.3, -0.25) is 0 Å². The summed E-state index contributed by atoms with van der Waals surface area (Å²) in [5, 5.41) is 21.4. The zero-order chi connectivity index (χ0) is 20.7. The van der Waals surface area contributed by atoms with Crippen molar-refractivity contribution >= 4 is 25.7 Å². The zero-order valence-corrected chi connectivity index (χ0v) is 19.7. The molecule has 0 radical (unpaired) electrons. The maximum atomic E-state index is 11.1. The van der Waals surface area contributed by atoms with Crippen LogP contribution in [0.4, 0.5) is 0 Å². The maximum Gasteiger partial charge on any atom is 0.141 e. The van der Waals surface area contributed by atoms with Gasteiger partial charge in [0.2, 0.25) is 0 Å². The molecule has 0 saturated heterocycles. The molecule has 3 aromatic rings. The smallest absolute Gasteiger partial charge is 0.141 e.